The zero-order valence-electron chi connectivity index (χ0n) is 20.0. The van der Waals surface area contributed by atoms with Crippen molar-refractivity contribution in [2.24, 2.45) is 0 Å². The van der Waals surface area contributed by atoms with Crippen LogP contribution in [0.15, 0.2) is 6.20 Å². The molecule has 3 rings (SSSR count). The lowest BCUT2D eigenvalue weighted by molar-refractivity contribution is -0.142. The topological polar surface area (TPSA) is 107 Å². The van der Waals surface area contributed by atoms with Gasteiger partial charge >= 0.3 is 5.97 Å². The van der Waals surface area contributed by atoms with Crippen LogP contribution in [0.5, 0.6) is 0 Å². The van der Waals surface area contributed by atoms with E-state index in [0.29, 0.717) is 12.6 Å². The van der Waals surface area contributed by atoms with E-state index in [2.05, 4.69) is 27.4 Å². The number of aryl methyl sites for hydroxylation is 2. The van der Waals surface area contributed by atoms with Gasteiger partial charge in [0.15, 0.2) is 5.65 Å². The monoisotopic (exact) mass is 447 g/mol. The molecule has 9 heteroatoms. The number of esters is 1. The Labute approximate surface area is 190 Å². The van der Waals surface area contributed by atoms with Gasteiger partial charge in [-0.3, -0.25) is 9.59 Å². The summed E-state index contributed by atoms with van der Waals surface area (Å²) in [4.78, 5) is 28.4. The molecule has 0 radical (unpaired) electrons. The summed E-state index contributed by atoms with van der Waals surface area (Å²) in [6.07, 6.45) is 4.60. The van der Waals surface area contributed by atoms with Crippen molar-refractivity contribution in [3.05, 3.63) is 17.5 Å². The summed E-state index contributed by atoms with van der Waals surface area (Å²) >= 11 is 0. The van der Waals surface area contributed by atoms with Gasteiger partial charge in [0.1, 0.15) is 0 Å². The maximum absolute atomic E-state index is 12.3. The number of rotatable bonds is 9. The van der Waals surface area contributed by atoms with Crippen molar-refractivity contribution in [2.75, 3.05) is 25.6 Å². The molecule has 9 nitrogen and oxygen atoms in total. The molecular formula is C23H37N5O4. The Morgan fingerprint density at radius 3 is 2.56 bits per heavy atom. The van der Waals surface area contributed by atoms with Crippen LogP contribution in [0.4, 0.5) is 5.69 Å². The predicted octanol–water partition coefficient (Wildman–Crippen LogP) is 3.20. The lowest BCUT2D eigenvalue weighted by Gasteiger charge is -2.26. The summed E-state index contributed by atoms with van der Waals surface area (Å²) in [5.41, 5.74) is 3.74. The molecule has 178 valence electrons. The zero-order chi connectivity index (χ0) is 23.5. The van der Waals surface area contributed by atoms with E-state index in [9.17, 15) is 9.59 Å². The Morgan fingerprint density at radius 1 is 1.22 bits per heavy atom. The quantitative estimate of drug-likeness (QED) is 0.568. The van der Waals surface area contributed by atoms with Crippen molar-refractivity contribution < 1.29 is 19.1 Å². The smallest absolute Gasteiger partial charge is 0.306 e. The third-order valence-corrected chi connectivity index (χ3v) is 5.42. The van der Waals surface area contributed by atoms with Crippen LogP contribution in [0.2, 0.25) is 0 Å². The first-order chi connectivity index (χ1) is 15.6. The fraction of sp³-hybridized carbons (Fsp3) is 0.652. The predicted molar refractivity (Wildman–Crippen MR) is 124 cm³/mol. The Bertz CT molecular complexity index is 890. The van der Waals surface area contributed by atoms with Crippen molar-refractivity contribution in [3.63, 3.8) is 0 Å². The summed E-state index contributed by atoms with van der Waals surface area (Å²) < 4.78 is 12.0. The highest BCUT2D eigenvalue weighted by Crippen LogP contribution is 2.31. The molecule has 1 aliphatic rings. The first-order valence-electron chi connectivity index (χ1n) is 11.6. The van der Waals surface area contributed by atoms with E-state index in [0.717, 1.165) is 67.0 Å². The van der Waals surface area contributed by atoms with Crippen LogP contribution in [0.25, 0.3) is 11.0 Å². The number of hydrogen-bond acceptors (Lipinski definition) is 7. The number of carbonyl (C=O) groups is 2. The Balaban J connectivity index is 0.00000176. The molecule has 0 saturated carbocycles. The number of methoxy groups -OCH3 is 1. The van der Waals surface area contributed by atoms with Crippen molar-refractivity contribution >= 4 is 28.6 Å². The SMILES string of the molecule is CC.CCc1nc2c(cnn2CC)c(NC2CCOCC2)c1CNC(=O)CCC(=O)OC. The van der Waals surface area contributed by atoms with Crippen molar-refractivity contribution in [3.8, 4) is 0 Å². The van der Waals surface area contributed by atoms with Crippen LogP contribution in [-0.2, 0) is 38.6 Å². The Kier molecular flexibility index (Phi) is 10.4. The second-order valence-electron chi connectivity index (χ2n) is 7.35. The molecule has 2 aromatic heterocycles. The van der Waals surface area contributed by atoms with E-state index < -0.39 is 5.97 Å². The number of amides is 1. The van der Waals surface area contributed by atoms with Crippen LogP contribution in [0.3, 0.4) is 0 Å². The molecule has 0 aromatic carbocycles. The standard InChI is InChI=1S/C21H31N5O4.C2H6/c1-4-17-15(12-22-18(27)6-7-19(28)29-3)20(24-14-8-10-30-11-9-14)16-13-23-26(5-2)21(16)25-17;1-2/h13-14H,4-12H2,1-3H3,(H,22,27)(H,24,25);1-2H3. The van der Waals surface area contributed by atoms with Crippen molar-refractivity contribution in [1.29, 1.82) is 0 Å². The van der Waals surface area contributed by atoms with Gasteiger partial charge in [0.2, 0.25) is 5.91 Å². The summed E-state index contributed by atoms with van der Waals surface area (Å²) in [6, 6.07) is 0.299. The highest BCUT2D eigenvalue weighted by Gasteiger charge is 2.22. The second kappa shape index (κ2) is 13.0. The third kappa shape index (κ3) is 6.41. The number of pyridine rings is 1. The summed E-state index contributed by atoms with van der Waals surface area (Å²) in [7, 11) is 1.32. The van der Waals surface area contributed by atoms with Crippen molar-refractivity contribution in [1.82, 2.24) is 20.1 Å². The number of anilines is 1. The number of nitrogens with one attached hydrogen (secondary N) is 2. The van der Waals surface area contributed by atoms with E-state index in [1.807, 2.05) is 31.6 Å². The fourth-order valence-corrected chi connectivity index (χ4v) is 3.69. The lowest BCUT2D eigenvalue weighted by atomic mass is 10.0. The van der Waals surface area contributed by atoms with E-state index in [-0.39, 0.29) is 18.7 Å². The molecule has 3 heterocycles. The molecule has 0 atom stereocenters. The molecule has 0 unspecified atom stereocenters. The maximum atomic E-state index is 12.3. The fourth-order valence-electron chi connectivity index (χ4n) is 3.69. The first kappa shape index (κ1) is 25.6. The average Bonchev–Trinajstić information content (AvgIpc) is 3.26. The molecule has 0 aliphatic carbocycles. The molecule has 1 amide bonds. The third-order valence-electron chi connectivity index (χ3n) is 5.42. The molecule has 1 aliphatic heterocycles. The maximum Gasteiger partial charge on any atom is 0.306 e. The lowest BCUT2D eigenvalue weighted by Crippen LogP contribution is -2.30. The van der Waals surface area contributed by atoms with Crippen LogP contribution < -0.4 is 10.6 Å². The van der Waals surface area contributed by atoms with Gasteiger partial charge < -0.3 is 20.1 Å². The van der Waals surface area contributed by atoms with Gasteiger partial charge in [-0.15, -0.1) is 0 Å². The molecule has 0 bridgehead atoms. The normalized spacial score (nSPS) is 13.9. The van der Waals surface area contributed by atoms with Gasteiger partial charge in [0.05, 0.1) is 30.8 Å². The summed E-state index contributed by atoms with van der Waals surface area (Å²) in [5.74, 6) is -0.583. The number of nitrogens with zero attached hydrogens (tertiary/aromatic N) is 3. The minimum absolute atomic E-state index is 0.0662. The van der Waals surface area contributed by atoms with Crippen LogP contribution in [0.1, 0.15) is 64.6 Å². The highest BCUT2D eigenvalue weighted by atomic mass is 16.5. The van der Waals surface area contributed by atoms with Crippen molar-refractivity contribution in [2.45, 2.75) is 78.9 Å². The van der Waals surface area contributed by atoms with Gasteiger partial charge in [0, 0.05) is 50.0 Å². The first-order valence-corrected chi connectivity index (χ1v) is 11.6. The zero-order valence-corrected chi connectivity index (χ0v) is 20.0. The van der Waals surface area contributed by atoms with Gasteiger partial charge in [0.25, 0.3) is 0 Å². The van der Waals surface area contributed by atoms with Gasteiger partial charge in [-0.1, -0.05) is 20.8 Å². The minimum Gasteiger partial charge on any atom is -0.469 e. The molecular weight excluding hydrogens is 410 g/mol. The number of ether oxygens (including phenoxy) is 2. The average molecular weight is 448 g/mol. The molecule has 1 saturated heterocycles. The van der Waals surface area contributed by atoms with E-state index >= 15 is 0 Å². The number of aromatic nitrogens is 3. The molecule has 0 spiro atoms. The van der Waals surface area contributed by atoms with Gasteiger partial charge in [-0.2, -0.15) is 5.10 Å². The van der Waals surface area contributed by atoms with Crippen LogP contribution in [-0.4, -0.2) is 53.0 Å². The number of fused-ring (bicyclic) bond motifs is 1. The molecule has 32 heavy (non-hydrogen) atoms. The Morgan fingerprint density at radius 2 is 1.94 bits per heavy atom. The second-order valence-corrected chi connectivity index (χ2v) is 7.35. The van der Waals surface area contributed by atoms with E-state index in [1.54, 1.807) is 0 Å². The van der Waals surface area contributed by atoms with Crippen LogP contribution >= 0.6 is 0 Å². The van der Waals surface area contributed by atoms with Gasteiger partial charge in [-0.25, -0.2) is 9.67 Å². The molecule has 2 aromatic rings. The highest BCUT2D eigenvalue weighted by molar-refractivity contribution is 5.92. The number of carbonyl (C=O) groups excluding carboxylic acids is 2. The van der Waals surface area contributed by atoms with E-state index in [4.69, 9.17) is 9.72 Å². The van der Waals surface area contributed by atoms with Gasteiger partial charge in [-0.05, 0) is 26.2 Å². The molecule has 1 fully saturated rings. The van der Waals surface area contributed by atoms with E-state index in [1.165, 1.54) is 7.11 Å². The largest absolute Gasteiger partial charge is 0.469 e. The summed E-state index contributed by atoms with van der Waals surface area (Å²) in [5, 5.41) is 12.1. The van der Waals surface area contributed by atoms with Crippen LogP contribution in [0, 0.1) is 0 Å². The minimum atomic E-state index is -0.392. The Hall–Kier alpha value is -2.68. The number of hydrogen-bond donors (Lipinski definition) is 2. The summed E-state index contributed by atoms with van der Waals surface area (Å²) in [6.45, 7) is 10.7. The molecule has 2 N–H and O–H groups in total.